The molecule has 3 rings (SSSR count). The normalized spacial score (nSPS) is 19.4. The predicted octanol–water partition coefficient (Wildman–Crippen LogP) is 3.79. The highest BCUT2D eigenvalue weighted by atomic mass is 16.7. The third-order valence-corrected chi connectivity index (χ3v) is 5.02. The van der Waals surface area contributed by atoms with E-state index in [2.05, 4.69) is 5.32 Å². The Morgan fingerprint density at radius 2 is 1.36 bits per heavy atom. The zero-order valence-corrected chi connectivity index (χ0v) is 15.2. The summed E-state index contributed by atoms with van der Waals surface area (Å²) in [5.41, 5.74) is 0.648. The molecule has 0 saturated carbocycles. The first-order valence-electron chi connectivity index (χ1n) is 8.57. The van der Waals surface area contributed by atoms with Crippen LogP contribution in [0.2, 0.25) is 0 Å². The number of carbonyl (C=O) groups is 1. The smallest absolute Gasteiger partial charge is 0.402 e. The van der Waals surface area contributed by atoms with Crippen LogP contribution in [-0.2, 0) is 9.31 Å². The third kappa shape index (κ3) is 3.62. The summed E-state index contributed by atoms with van der Waals surface area (Å²) in [4.78, 5) is 12.7. The lowest BCUT2D eigenvalue weighted by atomic mass is 9.74. The van der Waals surface area contributed by atoms with Crippen molar-refractivity contribution in [2.45, 2.75) is 44.8 Å². The minimum atomic E-state index is -0.555. The molecule has 0 radical (unpaired) electrons. The van der Waals surface area contributed by atoms with E-state index >= 15 is 0 Å². The fraction of sp³-hybridized carbons (Fsp3) is 0.350. The summed E-state index contributed by atoms with van der Waals surface area (Å²) >= 11 is 0. The Bertz CT molecular complexity index is 715. The molecular formula is C20H24BNO3. The molecule has 0 spiro atoms. The van der Waals surface area contributed by atoms with Crippen LogP contribution in [0.15, 0.2) is 60.7 Å². The van der Waals surface area contributed by atoms with Gasteiger partial charge >= 0.3 is 7.12 Å². The Morgan fingerprint density at radius 1 is 0.880 bits per heavy atom. The van der Waals surface area contributed by atoms with Gasteiger partial charge in [-0.3, -0.25) is 4.79 Å². The Hall–Kier alpha value is -2.11. The fourth-order valence-electron chi connectivity index (χ4n) is 2.81. The molecule has 1 unspecified atom stereocenters. The van der Waals surface area contributed by atoms with E-state index in [1.54, 1.807) is 12.1 Å². The molecule has 1 amide bonds. The molecule has 1 aliphatic rings. The molecule has 130 valence electrons. The molecule has 2 aromatic carbocycles. The molecule has 2 aromatic rings. The standard InChI is InChI=1S/C20H24BNO3/c1-19(2)20(3,4)25-21(24-19)17(15-11-7-5-8-12-15)22-18(23)16-13-9-6-10-14-16/h5-14,17H,1-4H3,(H,22,23). The average Bonchev–Trinajstić information content (AvgIpc) is 2.81. The van der Waals surface area contributed by atoms with Gasteiger partial charge in [0.2, 0.25) is 0 Å². The number of carbonyl (C=O) groups excluding carboxylic acids is 1. The molecule has 0 aromatic heterocycles. The number of nitrogens with one attached hydrogen (secondary N) is 1. The van der Waals surface area contributed by atoms with Gasteiger partial charge in [0.1, 0.15) is 0 Å². The number of hydrogen-bond acceptors (Lipinski definition) is 3. The van der Waals surface area contributed by atoms with Crippen molar-refractivity contribution in [3.8, 4) is 0 Å². The van der Waals surface area contributed by atoms with Gasteiger partial charge in [0.25, 0.3) is 5.91 Å². The maximum Gasteiger partial charge on any atom is 0.486 e. The maximum atomic E-state index is 12.7. The van der Waals surface area contributed by atoms with E-state index in [0.717, 1.165) is 5.56 Å². The Balaban J connectivity index is 1.88. The van der Waals surface area contributed by atoms with Crippen LogP contribution in [0, 0.1) is 0 Å². The molecule has 0 bridgehead atoms. The lowest BCUT2D eigenvalue weighted by Crippen LogP contribution is -2.41. The summed E-state index contributed by atoms with van der Waals surface area (Å²) < 4.78 is 12.4. The molecule has 1 heterocycles. The SMILES string of the molecule is CC1(C)OB(C(NC(=O)c2ccccc2)c2ccccc2)OC1(C)C. The molecular weight excluding hydrogens is 313 g/mol. The van der Waals surface area contributed by atoms with Crippen molar-refractivity contribution in [2.75, 3.05) is 0 Å². The summed E-state index contributed by atoms with van der Waals surface area (Å²) in [6.07, 6.45) is 0. The van der Waals surface area contributed by atoms with Gasteiger partial charge in [-0.25, -0.2) is 0 Å². The second-order valence-corrected chi connectivity index (χ2v) is 7.35. The summed E-state index contributed by atoms with van der Waals surface area (Å²) in [6, 6.07) is 19.0. The molecule has 1 N–H and O–H groups in total. The summed E-state index contributed by atoms with van der Waals surface area (Å²) in [5, 5.41) is 3.08. The number of rotatable bonds is 4. The van der Waals surface area contributed by atoms with E-state index in [0.29, 0.717) is 5.56 Å². The second kappa shape index (κ2) is 6.66. The highest BCUT2D eigenvalue weighted by molar-refractivity contribution is 6.48. The molecule has 1 atom stereocenters. The maximum absolute atomic E-state index is 12.7. The molecule has 25 heavy (non-hydrogen) atoms. The summed E-state index contributed by atoms with van der Waals surface area (Å²) in [7, 11) is -0.555. The number of benzene rings is 2. The lowest BCUT2D eigenvalue weighted by molar-refractivity contribution is 0.00578. The van der Waals surface area contributed by atoms with Gasteiger partial charge in [0.15, 0.2) is 0 Å². The predicted molar refractivity (Wildman–Crippen MR) is 99.2 cm³/mol. The van der Waals surface area contributed by atoms with Crippen LogP contribution in [0.3, 0.4) is 0 Å². The van der Waals surface area contributed by atoms with Crippen LogP contribution in [0.5, 0.6) is 0 Å². The Kier molecular flexibility index (Phi) is 4.72. The van der Waals surface area contributed by atoms with Gasteiger partial charge in [-0.1, -0.05) is 48.5 Å². The van der Waals surface area contributed by atoms with Crippen molar-refractivity contribution >= 4 is 13.0 Å². The van der Waals surface area contributed by atoms with Crippen LogP contribution < -0.4 is 5.32 Å². The van der Waals surface area contributed by atoms with Crippen molar-refractivity contribution in [3.63, 3.8) is 0 Å². The zero-order valence-electron chi connectivity index (χ0n) is 15.2. The van der Waals surface area contributed by atoms with Gasteiger partial charge in [-0.05, 0) is 45.4 Å². The van der Waals surface area contributed by atoms with E-state index in [1.807, 2.05) is 76.2 Å². The van der Waals surface area contributed by atoms with Crippen LogP contribution >= 0.6 is 0 Å². The quantitative estimate of drug-likeness (QED) is 0.864. The highest BCUT2D eigenvalue weighted by Crippen LogP contribution is 2.40. The second-order valence-electron chi connectivity index (χ2n) is 7.35. The number of hydrogen-bond donors (Lipinski definition) is 1. The van der Waals surface area contributed by atoms with Crippen molar-refractivity contribution in [1.82, 2.24) is 5.32 Å². The van der Waals surface area contributed by atoms with Gasteiger partial charge in [-0.15, -0.1) is 0 Å². The van der Waals surface area contributed by atoms with E-state index < -0.39 is 24.3 Å². The summed E-state index contributed by atoms with van der Waals surface area (Å²) in [5.74, 6) is -0.542. The minimum absolute atomic E-state index is 0.149. The van der Waals surface area contributed by atoms with Gasteiger partial charge in [0.05, 0.1) is 17.1 Å². The first kappa shape index (κ1) is 17.7. The Morgan fingerprint density at radius 3 is 1.88 bits per heavy atom. The molecule has 1 aliphatic heterocycles. The Labute approximate surface area is 149 Å². The van der Waals surface area contributed by atoms with Gasteiger partial charge in [0, 0.05) is 5.56 Å². The lowest BCUT2D eigenvalue weighted by Gasteiger charge is -2.32. The van der Waals surface area contributed by atoms with E-state index in [9.17, 15) is 4.79 Å². The first-order chi connectivity index (χ1) is 11.8. The average molecular weight is 337 g/mol. The van der Waals surface area contributed by atoms with E-state index in [-0.39, 0.29) is 5.91 Å². The fourth-order valence-corrected chi connectivity index (χ4v) is 2.81. The molecule has 1 fully saturated rings. The molecule has 5 heteroatoms. The van der Waals surface area contributed by atoms with Crippen LogP contribution in [0.1, 0.15) is 49.6 Å². The highest BCUT2D eigenvalue weighted by Gasteiger charge is 2.54. The van der Waals surface area contributed by atoms with Crippen LogP contribution in [-0.4, -0.2) is 24.2 Å². The summed E-state index contributed by atoms with van der Waals surface area (Å²) in [6.45, 7) is 8.03. The van der Waals surface area contributed by atoms with E-state index in [1.165, 1.54) is 0 Å². The van der Waals surface area contributed by atoms with Gasteiger partial charge in [-0.2, -0.15) is 0 Å². The van der Waals surface area contributed by atoms with Crippen molar-refractivity contribution in [1.29, 1.82) is 0 Å². The van der Waals surface area contributed by atoms with Crippen LogP contribution in [0.4, 0.5) is 0 Å². The van der Waals surface area contributed by atoms with Crippen molar-refractivity contribution in [3.05, 3.63) is 71.8 Å². The molecule has 4 nitrogen and oxygen atoms in total. The third-order valence-electron chi connectivity index (χ3n) is 5.02. The molecule has 0 aliphatic carbocycles. The first-order valence-corrected chi connectivity index (χ1v) is 8.57. The van der Waals surface area contributed by atoms with Gasteiger partial charge < -0.3 is 14.6 Å². The number of amides is 1. The monoisotopic (exact) mass is 337 g/mol. The topological polar surface area (TPSA) is 47.6 Å². The van der Waals surface area contributed by atoms with Crippen LogP contribution in [0.25, 0.3) is 0 Å². The largest absolute Gasteiger partial charge is 0.486 e. The van der Waals surface area contributed by atoms with Crippen molar-refractivity contribution < 1.29 is 14.1 Å². The van der Waals surface area contributed by atoms with E-state index in [4.69, 9.17) is 9.31 Å². The molecule has 1 saturated heterocycles. The zero-order chi connectivity index (χ0) is 18.1. The van der Waals surface area contributed by atoms with Crippen molar-refractivity contribution in [2.24, 2.45) is 0 Å². The minimum Gasteiger partial charge on any atom is -0.402 e.